The number of anilines is 2. The Labute approximate surface area is 190 Å². The van der Waals surface area contributed by atoms with Crippen LogP contribution in [0.3, 0.4) is 0 Å². The Bertz CT molecular complexity index is 1200. The number of nitrogens with zero attached hydrogens (tertiary/aromatic N) is 2. The van der Waals surface area contributed by atoms with Gasteiger partial charge in [0.05, 0.1) is 0 Å². The number of hydrogen-bond acceptors (Lipinski definition) is 7. The molecular formula is C24H26FN5O3. The summed E-state index contributed by atoms with van der Waals surface area (Å²) in [5.74, 6) is 0.504. The molecule has 0 unspecified atom stereocenters. The molecule has 2 aromatic heterocycles. The number of amides is 1. The maximum atomic E-state index is 15.0. The van der Waals surface area contributed by atoms with Gasteiger partial charge in [-0.25, -0.2) is 19.2 Å². The van der Waals surface area contributed by atoms with E-state index in [2.05, 4.69) is 25.9 Å². The standard InChI is InChI=1S/C24H26FN5O3/c1-14-19(12-29-23-22(14)27-6-7-32-23)18-8-15-10-21(28-11-16(15)9-20(18)25)30-24(31)33-13-17-4-2-3-5-26-17/h8-12,17,26-27H,2-7,13H2,1H3,(H,28,30,31)/t17-/m1/s1. The molecule has 2 aliphatic rings. The van der Waals surface area contributed by atoms with E-state index < -0.39 is 6.09 Å². The summed E-state index contributed by atoms with van der Waals surface area (Å²) >= 11 is 0. The fourth-order valence-electron chi connectivity index (χ4n) is 4.32. The number of halogens is 1. The molecule has 1 amide bonds. The van der Waals surface area contributed by atoms with Crippen LogP contribution in [0.5, 0.6) is 5.88 Å². The minimum absolute atomic E-state index is 0.188. The van der Waals surface area contributed by atoms with E-state index >= 15 is 4.39 Å². The fourth-order valence-corrected chi connectivity index (χ4v) is 4.32. The lowest BCUT2D eigenvalue weighted by Crippen LogP contribution is -2.38. The maximum absolute atomic E-state index is 15.0. The number of rotatable bonds is 4. The Morgan fingerprint density at radius 1 is 1.18 bits per heavy atom. The van der Waals surface area contributed by atoms with E-state index in [0.29, 0.717) is 48.0 Å². The second-order valence-electron chi connectivity index (χ2n) is 8.37. The van der Waals surface area contributed by atoms with E-state index in [1.807, 2.05) is 6.92 Å². The normalized spacial score (nSPS) is 17.6. The Morgan fingerprint density at radius 2 is 2.09 bits per heavy atom. The Morgan fingerprint density at radius 3 is 2.94 bits per heavy atom. The number of hydrogen-bond donors (Lipinski definition) is 3. The van der Waals surface area contributed by atoms with Crippen LogP contribution in [0.4, 0.5) is 20.7 Å². The van der Waals surface area contributed by atoms with Gasteiger partial charge in [0.1, 0.15) is 30.5 Å². The molecule has 3 N–H and O–H groups in total. The van der Waals surface area contributed by atoms with Crippen LogP contribution in [0.2, 0.25) is 0 Å². The van der Waals surface area contributed by atoms with E-state index in [9.17, 15) is 4.79 Å². The predicted octanol–water partition coefficient (Wildman–Crippen LogP) is 4.24. The van der Waals surface area contributed by atoms with Gasteiger partial charge < -0.3 is 20.1 Å². The van der Waals surface area contributed by atoms with Crippen LogP contribution < -0.4 is 20.7 Å². The second kappa shape index (κ2) is 9.19. The number of pyridine rings is 2. The highest BCUT2D eigenvalue weighted by Crippen LogP contribution is 2.37. The highest BCUT2D eigenvalue weighted by molar-refractivity contribution is 5.92. The lowest BCUT2D eigenvalue weighted by Gasteiger charge is -2.22. The lowest BCUT2D eigenvalue weighted by atomic mass is 9.98. The van der Waals surface area contributed by atoms with Crippen LogP contribution in [-0.2, 0) is 4.74 Å². The van der Waals surface area contributed by atoms with Gasteiger partial charge in [0.25, 0.3) is 0 Å². The minimum atomic E-state index is -0.558. The Balaban J connectivity index is 1.37. The highest BCUT2D eigenvalue weighted by Gasteiger charge is 2.20. The van der Waals surface area contributed by atoms with Gasteiger partial charge in [-0.1, -0.05) is 6.42 Å². The first-order chi connectivity index (χ1) is 16.1. The zero-order valence-electron chi connectivity index (χ0n) is 18.4. The Kier molecular flexibility index (Phi) is 5.95. The molecule has 1 aromatic carbocycles. The first-order valence-electron chi connectivity index (χ1n) is 11.2. The molecule has 2 aliphatic heterocycles. The van der Waals surface area contributed by atoms with Gasteiger partial charge in [0, 0.05) is 41.5 Å². The number of ether oxygens (including phenoxy) is 2. The predicted molar refractivity (Wildman–Crippen MR) is 124 cm³/mol. The molecule has 1 fully saturated rings. The van der Waals surface area contributed by atoms with E-state index in [4.69, 9.17) is 9.47 Å². The van der Waals surface area contributed by atoms with Crippen LogP contribution in [0.25, 0.3) is 21.9 Å². The number of piperidine rings is 1. The van der Waals surface area contributed by atoms with Crippen molar-refractivity contribution >= 4 is 28.4 Å². The molecule has 9 heteroatoms. The third kappa shape index (κ3) is 4.54. The average molecular weight is 452 g/mol. The molecule has 0 spiro atoms. The molecule has 4 heterocycles. The van der Waals surface area contributed by atoms with Gasteiger partial charge >= 0.3 is 6.09 Å². The smallest absolute Gasteiger partial charge is 0.412 e. The number of aromatic nitrogens is 2. The zero-order valence-corrected chi connectivity index (χ0v) is 18.4. The number of nitrogens with one attached hydrogen (secondary N) is 3. The van der Waals surface area contributed by atoms with Crippen LogP contribution in [0, 0.1) is 12.7 Å². The van der Waals surface area contributed by atoms with Gasteiger partial charge in [-0.05, 0) is 55.5 Å². The van der Waals surface area contributed by atoms with Crippen molar-refractivity contribution in [1.29, 1.82) is 0 Å². The van der Waals surface area contributed by atoms with E-state index in [1.54, 1.807) is 18.3 Å². The fraction of sp³-hybridized carbons (Fsp3) is 0.375. The monoisotopic (exact) mass is 451 g/mol. The second-order valence-corrected chi connectivity index (χ2v) is 8.37. The summed E-state index contributed by atoms with van der Waals surface area (Å²) in [6.07, 6.45) is 5.88. The number of benzene rings is 1. The largest absolute Gasteiger partial charge is 0.474 e. The van der Waals surface area contributed by atoms with Gasteiger partial charge in [-0.2, -0.15) is 0 Å². The summed E-state index contributed by atoms with van der Waals surface area (Å²) in [6, 6.07) is 5.08. The quantitative estimate of drug-likeness (QED) is 0.546. The molecule has 0 aliphatic carbocycles. The molecule has 3 aromatic rings. The molecule has 0 bridgehead atoms. The van der Waals surface area contributed by atoms with Crippen LogP contribution >= 0.6 is 0 Å². The summed E-state index contributed by atoms with van der Waals surface area (Å²) in [5.41, 5.74) is 2.75. The molecule has 1 atom stereocenters. The summed E-state index contributed by atoms with van der Waals surface area (Å²) in [4.78, 5) is 20.8. The summed E-state index contributed by atoms with van der Waals surface area (Å²) in [6.45, 7) is 4.40. The van der Waals surface area contributed by atoms with Crippen molar-refractivity contribution in [3.8, 4) is 17.0 Å². The molecule has 33 heavy (non-hydrogen) atoms. The summed E-state index contributed by atoms with van der Waals surface area (Å²) in [5, 5.41) is 10.7. The minimum Gasteiger partial charge on any atom is -0.474 e. The first-order valence-corrected chi connectivity index (χ1v) is 11.2. The molecule has 8 nitrogen and oxygen atoms in total. The van der Waals surface area contributed by atoms with Gasteiger partial charge in [-0.15, -0.1) is 0 Å². The van der Waals surface area contributed by atoms with Crippen LogP contribution in [-0.4, -0.2) is 48.4 Å². The van der Waals surface area contributed by atoms with E-state index in [-0.39, 0.29) is 11.9 Å². The Hall–Kier alpha value is -3.46. The third-order valence-corrected chi connectivity index (χ3v) is 6.10. The van der Waals surface area contributed by atoms with Gasteiger partial charge in [0.15, 0.2) is 0 Å². The van der Waals surface area contributed by atoms with Gasteiger partial charge in [0.2, 0.25) is 5.88 Å². The van der Waals surface area contributed by atoms with E-state index in [0.717, 1.165) is 42.4 Å². The summed E-state index contributed by atoms with van der Waals surface area (Å²) in [7, 11) is 0. The molecule has 5 rings (SSSR count). The number of fused-ring (bicyclic) bond motifs is 2. The van der Waals surface area contributed by atoms with Crippen molar-refractivity contribution < 1.29 is 18.7 Å². The molecular weight excluding hydrogens is 425 g/mol. The van der Waals surface area contributed by atoms with Crippen molar-refractivity contribution in [2.75, 3.05) is 36.9 Å². The van der Waals surface area contributed by atoms with Crippen molar-refractivity contribution in [3.63, 3.8) is 0 Å². The first kappa shape index (κ1) is 21.4. The lowest BCUT2D eigenvalue weighted by molar-refractivity contribution is 0.141. The topological polar surface area (TPSA) is 97.4 Å². The average Bonchev–Trinajstić information content (AvgIpc) is 2.84. The molecule has 0 saturated carbocycles. The maximum Gasteiger partial charge on any atom is 0.412 e. The van der Waals surface area contributed by atoms with Crippen molar-refractivity contribution in [3.05, 3.63) is 42.0 Å². The zero-order chi connectivity index (χ0) is 22.8. The third-order valence-electron chi connectivity index (χ3n) is 6.10. The van der Waals surface area contributed by atoms with Crippen LogP contribution in [0.1, 0.15) is 24.8 Å². The van der Waals surface area contributed by atoms with Gasteiger partial charge in [-0.3, -0.25) is 5.32 Å². The van der Waals surface area contributed by atoms with Crippen molar-refractivity contribution in [2.24, 2.45) is 0 Å². The molecule has 1 saturated heterocycles. The van der Waals surface area contributed by atoms with Crippen molar-refractivity contribution in [1.82, 2.24) is 15.3 Å². The number of carbonyl (C=O) groups is 1. The number of carbonyl (C=O) groups excluding carboxylic acids is 1. The van der Waals surface area contributed by atoms with Crippen LogP contribution in [0.15, 0.2) is 30.6 Å². The molecule has 0 radical (unpaired) electrons. The van der Waals surface area contributed by atoms with E-state index in [1.165, 1.54) is 12.3 Å². The molecule has 172 valence electrons. The SMILES string of the molecule is Cc1c(-c2cc3cc(NC(=O)OC[C@H]4CCCCN4)ncc3cc2F)cnc2c1NCCO2. The summed E-state index contributed by atoms with van der Waals surface area (Å²) < 4.78 is 25.9. The highest BCUT2D eigenvalue weighted by atomic mass is 19.1. The van der Waals surface area contributed by atoms with Crippen molar-refractivity contribution in [2.45, 2.75) is 32.2 Å².